The molecule has 0 fully saturated rings. The van der Waals surface area contributed by atoms with E-state index in [9.17, 15) is 8.78 Å². The van der Waals surface area contributed by atoms with Crippen LogP contribution in [-0.2, 0) is 0 Å². The maximum Gasteiger partial charge on any atom is 0.163 e. The SMILES string of the molecule is Nc1cc2c(cc1Nc1cc(F)ccc1F)OCCO2. The second-order valence-corrected chi connectivity index (χ2v) is 4.33. The van der Waals surface area contributed by atoms with Crippen molar-refractivity contribution in [3.8, 4) is 11.5 Å². The lowest BCUT2D eigenvalue weighted by molar-refractivity contribution is 0.172. The smallest absolute Gasteiger partial charge is 0.163 e. The number of nitrogens with one attached hydrogen (secondary N) is 1. The number of hydrogen-bond acceptors (Lipinski definition) is 4. The van der Waals surface area contributed by atoms with E-state index in [2.05, 4.69) is 5.32 Å². The van der Waals surface area contributed by atoms with Crippen molar-refractivity contribution in [3.05, 3.63) is 42.0 Å². The number of hydrogen-bond donors (Lipinski definition) is 2. The Morgan fingerprint density at radius 3 is 2.40 bits per heavy atom. The molecule has 0 saturated carbocycles. The number of rotatable bonds is 2. The highest BCUT2D eigenvalue weighted by atomic mass is 19.1. The normalized spacial score (nSPS) is 13.1. The van der Waals surface area contributed by atoms with Gasteiger partial charge >= 0.3 is 0 Å². The molecule has 0 saturated heterocycles. The number of fused-ring (bicyclic) bond motifs is 1. The van der Waals surface area contributed by atoms with E-state index in [1.54, 1.807) is 12.1 Å². The Morgan fingerprint density at radius 2 is 1.65 bits per heavy atom. The first-order valence-electron chi connectivity index (χ1n) is 6.04. The molecule has 1 aliphatic heterocycles. The third kappa shape index (κ3) is 2.32. The minimum atomic E-state index is -0.569. The van der Waals surface area contributed by atoms with Gasteiger partial charge in [0.05, 0.1) is 17.1 Å². The highest BCUT2D eigenvalue weighted by Crippen LogP contribution is 2.38. The Kier molecular flexibility index (Phi) is 3.06. The fourth-order valence-electron chi connectivity index (χ4n) is 1.95. The van der Waals surface area contributed by atoms with Crippen LogP contribution in [0.25, 0.3) is 0 Å². The molecule has 0 atom stereocenters. The van der Waals surface area contributed by atoms with Crippen molar-refractivity contribution in [2.24, 2.45) is 0 Å². The summed E-state index contributed by atoms with van der Waals surface area (Å²) in [6.07, 6.45) is 0. The summed E-state index contributed by atoms with van der Waals surface area (Å²) in [6, 6.07) is 6.35. The first-order valence-corrected chi connectivity index (χ1v) is 6.04. The Hall–Kier alpha value is -2.50. The summed E-state index contributed by atoms with van der Waals surface area (Å²) >= 11 is 0. The number of nitrogens with two attached hydrogens (primary N) is 1. The van der Waals surface area contributed by atoms with Crippen LogP contribution in [0.2, 0.25) is 0 Å². The molecule has 1 aliphatic rings. The molecule has 0 bridgehead atoms. The lowest BCUT2D eigenvalue weighted by atomic mass is 10.2. The molecule has 20 heavy (non-hydrogen) atoms. The summed E-state index contributed by atoms with van der Waals surface area (Å²) < 4.78 is 37.5. The molecule has 3 rings (SSSR count). The summed E-state index contributed by atoms with van der Waals surface area (Å²) in [7, 11) is 0. The van der Waals surface area contributed by atoms with Gasteiger partial charge in [-0.1, -0.05) is 0 Å². The van der Waals surface area contributed by atoms with Crippen molar-refractivity contribution >= 4 is 17.1 Å². The molecule has 104 valence electrons. The molecule has 2 aromatic rings. The van der Waals surface area contributed by atoms with Crippen molar-refractivity contribution in [2.75, 3.05) is 24.3 Å². The topological polar surface area (TPSA) is 56.5 Å². The van der Waals surface area contributed by atoms with Crippen LogP contribution in [0.5, 0.6) is 11.5 Å². The van der Waals surface area contributed by atoms with Gasteiger partial charge in [-0.05, 0) is 12.1 Å². The van der Waals surface area contributed by atoms with E-state index >= 15 is 0 Å². The molecule has 0 amide bonds. The van der Waals surface area contributed by atoms with Crippen molar-refractivity contribution in [2.45, 2.75) is 0 Å². The Bertz CT molecular complexity index is 662. The lowest BCUT2D eigenvalue weighted by Crippen LogP contribution is -2.15. The van der Waals surface area contributed by atoms with Crippen molar-refractivity contribution in [3.63, 3.8) is 0 Å². The molecular formula is C14H12F2N2O2. The van der Waals surface area contributed by atoms with Crippen LogP contribution in [0.1, 0.15) is 0 Å². The van der Waals surface area contributed by atoms with Crippen molar-refractivity contribution in [1.29, 1.82) is 0 Å². The van der Waals surface area contributed by atoms with E-state index in [-0.39, 0.29) is 5.69 Å². The predicted molar refractivity (Wildman–Crippen MR) is 71.5 cm³/mol. The molecule has 4 nitrogen and oxygen atoms in total. The molecule has 6 heteroatoms. The summed E-state index contributed by atoms with van der Waals surface area (Å²) in [5.74, 6) is -0.0468. The first-order chi connectivity index (χ1) is 9.63. The Balaban J connectivity index is 1.96. The molecule has 0 aliphatic carbocycles. The van der Waals surface area contributed by atoms with Crippen LogP contribution in [0.3, 0.4) is 0 Å². The Labute approximate surface area is 114 Å². The quantitative estimate of drug-likeness (QED) is 0.829. The molecular weight excluding hydrogens is 266 g/mol. The zero-order chi connectivity index (χ0) is 14.1. The van der Waals surface area contributed by atoms with Crippen LogP contribution in [0.4, 0.5) is 25.8 Å². The van der Waals surface area contributed by atoms with E-state index in [0.29, 0.717) is 36.1 Å². The van der Waals surface area contributed by atoms with Crippen LogP contribution >= 0.6 is 0 Å². The zero-order valence-electron chi connectivity index (χ0n) is 10.5. The van der Waals surface area contributed by atoms with E-state index in [4.69, 9.17) is 15.2 Å². The van der Waals surface area contributed by atoms with Crippen LogP contribution < -0.4 is 20.5 Å². The molecule has 1 heterocycles. The van der Waals surface area contributed by atoms with Gasteiger partial charge in [-0.2, -0.15) is 0 Å². The van der Waals surface area contributed by atoms with Gasteiger partial charge in [-0.25, -0.2) is 8.78 Å². The maximum absolute atomic E-state index is 13.6. The van der Waals surface area contributed by atoms with E-state index in [1.807, 2.05) is 0 Å². The third-order valence-electron chi connectivity index (χ3n) is 2.91. The highest BCUT2D eigenvalue weighted by Gasteiger charge is 2.15. The summed E-state index contributed by atoms with van der Waals surface area (Å²) in [6.45, 7) is 0.891. The van der Waals surface area contributed by atoms with Gasteiger partial charge in [0.1, 0.15) is 24.8 Å². The summed E-state index contributed by atoms with van der Waals surface area (Å²) in [4.78, 5) is 0. The van der Waals surface area contributed by atoms with E-state index < -0.39 is 11.6 Å². The van der Waals surface area contributed by atoms with Gasteiger partial charge in [0.15, 0.2) is 11.5 Å². The largest absolute Gasteiger partial charge is 0.486 e. The standard InChI is InChI=1S/C14H12F2N2O2/c15-8-1-2-9(16)11(5-8)18-12-7-14-13(6-10(12)17)19-3-4-20-14/h1-2,5-7,18H,3-4,17H2. The van der Waals surface area contributed by atoms with E-state index in [1.165, 1.54) is 0 Å². The maximum atomic E-state index is 13.6. The number of ether oxygens (including phenoxy) is 2. The van der Waals surface area contributed by atoms with Crippen LogP contribution in [-0.4, -0.2) is 13.2 Å². The fraction of sp³-hybridized carbons (Fsp3) is 0.143. The summed E-state index contributed by atoms with van der Waals surface area (Å²) in [5.41, 5.74) is 6.66. The molecule has 0 radical (unpaired) electrons. The Morgan fingerprint density at radius 1 is 0.950 bits per heavy atom. The number of halogens is 2. The second kappa shape index (κ2) is 4.88. The zero-order valence-corrected chi connectivity index (χ0v) is 10.5. The molecule has 2 aromatic carbocycles. The molecule has 0 unspecified atom stereocenters. The fourth-order valence-corrected chi connectivity index (χ4v) is 1.95. The van der Waals surface area contributed by atoms with Gasteiger partial charge in [-0.3, -0.25) is 0 Å². The van der Waals surface area contributed by atoms with Gasteiger partial charge in [0, 0.05) is 18.2 Å². The van der Waals surface area contributed by atoms with E-state index in [0.717, 1.165) is 18.2 Å². The average Bonchev–Trinajstić information content (AvgIpc) is 2.43. The predicted octanol–water partition coefficient (Wildman–Crippen LogP) is 3.06. The second-order valence-electron chi connectivity index (χ2n) is 4.33. The van der Waals surface area contributed by atoms with Crippen LogP contribution in [0.15, 0.2) is 30.3 Å². The summed E-state index contributed by atoms with van der Waals surface area (Å²) in [5, 5.41) is 2.76. The minimum Gasteiger partial charge on any atom is -0.486 e. The minimum absolute atomic E-state index is 0.00776. The first kappa shape index (κ1) is 12.5. The van der Waals surface area contributed by atoms with Crippen molar-refractivity contribution < 1.29 is 18.3 Å². The van der Waals surface area contributed by atoms with Gasteiger partial charge in [0.2, 0.25) is 0 Å². The monoisotopic (exact) mass is 278 g/mol. The number of nitrogen functional groups attached to an aromatic ring is 1. The average molecular weight is 278 g/mol. The lowest BCUT2D eigenvalue weighted by Gasteiger charge is -2.20. The molecule has 0 aromatic heterocycles. The number of anilines is 3. The van der Waals surface area contributed by atoms with Crippen molar-refractivity contribution in [1.82, 2.24) is 0 Å². The molecule has 0 spiro atoms. The van der Waals surface area contributed by atoms with Crippen LogP contribution in [0, 0.1) is 11.6 Å². The van der Waals surface area contributed by atoms with Gasteiger partial charge in [0.25, 0.3) is 0 Å². The van der Waals surface area contributed by atoms with Gasteiger partial charge in [-0.15, -0.1) is 0 Å². The third-order valence-corrected chi connectivity index (χ3v) is 2.91. The number of benzene rings is 2. The van der Waals surface area contributed by atoms with Gasteiger partial charge < -0.3 is 20.5 Å². The molecule has 3 N–H and O–H groups in total. The highest BCUT2D eigenvalue weighted by molar-refractivity contribution is 5.76.